The van der Waals surface area contributed by atoms with E-state index >= 15 is 0 Å². The van der Waals surface area contributed by atoms with Crippen LogP contribution >= 0.6 is 33.9 Å². The maximum absolute atomic E-state index is 5.33. The zero-order valence-electron chi connectivity index (χ0n) is 32.1. The van der Waals surface area contributed by atoms with E-state index in [0.717, 1.165) is 31.5 Å². The summed E-state index contributed by atoms with van der Waals surface area (Å²) in [5.41, 5.74) is 10.6. The van der Waals surface area contributed by atoms with Crippen LogP contribution in [0, 0.1) is 10.5 Å². The van der Waals surface area contributed by atoms with Gasteiger partial charge in [0.05, 0.1) is 5.70 Å². The molecule has 0 radical (unpaired) electrons. The third kappa shape index (κ3) is 6.43. The lowest BCUT2D eigenvalue weighted by molar-refractivity contribution is 1.41. The SMILES string of the molecule is C=C(N=C(N=C(C)c1ccccc1)c1cccc(-c2ccccc2C)c1I)c1cccc2sc3ccc(-c4ccc5c(ccc6c7ccccc7ccc56)c4)cc3c12. The molecule has 0 aliphatic carbocycles. The summed E-state index contributed by atoms with van der Waals surface area (Å²) >= 11 is 4.28. The average molecular weight is 873 g/mol. The summed E-state index contributed by atoms with van der Waals surface area (Å²) < 4.78 is 3.55. The molecule has 1 aromatic heterocycles. The van der Waals surface area contributed by atoms with E-state index in [1.165, 1.54) is 74.7 Å². The Morgan fingerprint density at radius 2 is 1.17 bits per heavy atom. The highest BCUT2D eigenvalue weighted by Gasteiger charge is 2.18. The second kappa shape index (κ2) is 14.9. The van der Waals surface area contributed by atoms with Crippen LogP contribution in [-0.2, 0) is 0 Å². The molecular formula is C54H37IN2S. The van der Waals surface area contributed by atoms with Crippen molar-refractivity contribution in [3.63, 3.8) is 0 Å². The highest BCUT2D eigenvalue weighted by atomic mass is 127. The van der Waals surface area contributed by atoms with Crippen LogP contribution in [0.4, 0.5) is 0 Å². The highest BCUT2D eigenvalue weighted by molar-refractivity contribution is 14.1. The van der Waals surface area contributed by atoms with Crippen molar-refractivity contribution in [3.05, 3.63) is 208 Å². The first-order chi connectivity index (χ1) is 28.4. The van der Waals surface area contributed by atoms with E-state index in [1.54, 1.807) is 0 Å². The van der Waals surface area contributed by atoms with Crippen molar-refractivity contribution in [2.45, 2.75) is 13.8 Å². The van der Waals surface area contributed by atoms with Crippen LogP contribution in [0.15, 0.2) is 192 Å². The number of rotatable bonds is 6. The monoisotopic (exact) mass is 872 g/mol. The Hall–Kier alpha value is -6.21. The van der Waals surface area contributed by atoms with Gasteiger partial charge in [-0.05, 0) is 126 Å². The summed E-state index contributed by atoms with van der Waals surface area (Å²) in [6.45, 7) is 8.85. The fraction of sp³-hybridized carbons (Fsp3) is 0.0370. The van der Waals surface area contributed by atoms with Gasteiger partial charge in [-0.25, -0.2) is 9.98 Å². The predicted molar refractivity (Wildman–Crippen MR) is 261 cm³/mol. The number of nitrogens with zero attached hydrogens (tertiary/aromatic N) is 2. The molecule has 10 rings (SSSR count). The smallest absolute Gasteiger partial charge is 0.161 e. The summed E-state index contributed by atoms with van der Waals surface area (Å²) in [4.78, 5) is 10.6. The van der Waals surface area contributed by atoms with Gasteiger partial charge in [0.15, 0.2) is 5.84 Å². The molecule has 0 spiro atoms. The Kier molecular flexibility index (Phi) is 9.31. The number of hydrogen-bond donors (Lipinski definition) is 0. The molecule has 0 saturated carbocycles. The second-order valence-corrected chi connectivity index (χ2v) is 17.0. The molecule has 0 fully saturated rings. The van der Waals surface area contributed by atoms with E-state index in [-0.39, 0.29) is 0 Å². The Bertz CT molecular complexity index is 3330. The van der Waals surface area contributed by atoms with E-state index in [4.69, 9.17) is 9.98 Å². The first-order valence-corrected chi connectivity index (χ1v) is 21.3. The normalized spacial score (nSPS) is 12.3. The average Bonchev–Trinajstić information content (AvgIpc) is 3.64. The third-order valence-electron chi connectivity index (χ3n) is 11.3. The molecule has 1 heterocycles. The summed E-state index contributed by atoms with van der Waals surface area (Å²) in [7, 11) is 0. The minimum atomic E-state index is 0.639. The molecular weight excluding hydrogens is 836 g/mol. The first kappa shape index (κ1) is 36.2. The van der Waals surface area contributed by atoms with E-state index in [0.29, 0.717) is 11.5 Å². The van der Waals surface area contributed by atoms with Crippen LogP contribution in [0.3, 0.4) is 0 Å². The van der Waals surface area contributed by atoms with Crippen LogP contribution in [0.25, 0.3) is 80.4 Å². The number of halogens is 1. The number of hydrogen-bond acceptors (Lipinski definition) is 2. The molecule has 0 aliphatic rings. The Balaban J connectivity index is 1.09. The highest BCUT2D eigenvalue weighted by Crippen LogP contribution is 2.41. The van der Waals surface area contributed by atoms with Gasteiger partial charge in [0.2, 0.25) is 0 Å². The molecule has 276 valence electrons. The lowest BCUT2D eigenvalue weighted by Gasteiger charge is -2.14. The topological polar surface area (TPSA) is 24.7 Å². The quantitative estimate of drug-likeness (QED) is 0.0688. The molecule has 0 bridgehead atoms. The van der Waals surface area contributed by atoms with Gasteiger partial charge in [-0.3, -0.25) is 0 Å². The van der Waals surface area contributed by atoms with Crippen molar-refractivity contribution in [1.29, 1.82) is 0 Å². The van der Waals surface area contributed by atoms with Crippen molar-refractivity contribution in [2.24, 2.45) is 9.98 Å². The summed E-state index contributed by atoms with van der Waals surface area (Å²) in [5, 5.41) is 10.0. The summed E-state index contributed by atoms with van der Waals surface area (Å²) in [5.74, 6) is 0.639. The number of fused-ring (bicyclic) bond motifs is 8. The third-order valence-corrected chi connectivity index (χ3v) is 13.6. The zero-order valence-corrected chi connectivity index (χ0v) is 35.1. The Morgan fingerprint density at radius 1 is 0.517 bits per heavy atom. The van der Waals surface area contributed by atoms with Crippen molar-refractivity contribution < 1.29 is 0 Å². The molecule has 9 aromatic carbocycles. The second-order valence-electron chi connectivity index (χ2n) is 14.8. The summed E-state index contributed by atoms with van der Waals surface area (Å²) in [6, 6.07) is 63.1. The molecule has 0 unspecified atom stereocenters. The molecule has 0 amide bonds. The lowest BCUT2D eigenvalue weighted by atomic mass is 9.94. The molecule has 0 aliphatic heterocycles. The Morgan fingerprint density at radius 3 is 2.02 bits per heavy atom. The van der Waals surface area contributed by atoms with Crippen LogP contribution in [0.2, 0.25) is 0 Å². The van der Waals surface area contributed by atoms with E-state index < -0.39 is 0 Å². The van der Waals surface area contributed by atoms with Gasteiger partial charge < -0.3 is 0 Å². The fourth-order valence-corrected chi connectivity index (χ4v) is 10.3. The zero-order chi connectivity index (χ0) is 39.3. The first-order valence-electron chi connectivity index (χ1n) is 19.4. The van der Waals surface area contributed by atoms with Gasteiger partial charge in [0, 0.05) is 40.6 Å². The largest absolute Gasteiger partial charge is 0.233 e. The number of benzene rings is 9. The molecule has 0 saturated heterocycles. The molecule has 58 heavy (non-hydrogen) atoms. The van der Waals surface area contributed by atoms with Gasteiger partial charge in [0.1, 0.15) is 0 Å². The molecule has 0 N–H and O–H groups in total. The maximum Gasteiger partial charge on any atom is 0.161 e. The van der Waals surface area contributed by atoms with Crippen molar-refractivity contribution in [3.8, 4) is 22.3 Å². The van der Waals surface area contributed by atoms with Gasteiger partial charge in [-0.15, -0.1) is 11.3 Å². The summed E-state index contributed by atoms with van der Waals surface area (Å²) in [6.07, 6.45) is 0. The van der Waals surface area contributed by atoms with Gasteiger partial charge >= 0.3 is 0 Å². The van der Waals surface area contributed by atoms with Crippen LogP contribution in [-0.4, -0.2) is 11.5 Å². The molecule has 2 nitrogen and oxygen atoms in total. The number of amidine groups is 1. The molecule has 4 heteroatoms. The fourth-order valence-electron chi connectivity index (χ4n) is 8.28. The maximum atomic E-state index is 5.33. The van der Waals surface area contributed by atoms with Crippen LogP contribution in [0.1, 0.15) is 29.2 Å². The van der Waals surface area contributed by atoms with Gasteiger partial charge in [-0.1, -0.05) is 158 Å². The molecule has 0 atom stereocenters. The molecule has 10 aromatic rings. The van der Waals surface area contributed by atoms with E-state index in [1.807, 2.05) is 29.5 Å². The predicted octanol–water partition coefficient (Wildman–Crippen LogP) is 15.7. The van der Waals surface area contributed by atoms with Crippen LogP contribution < -0.4 is 0 Å². The van der Waals surface area contributed by atoms with Gasteiger partial charge in [0.25, 0.3) is 0 Å². The van der Waals surface area contributed by atoms with E-state index in [2.05, 4.69) is 201 Å². The van der Waals surface area contributed by atoms with Crippen molar-refractivity contribution >= 4 is 104 Å². The minimum absolute atomic E-state index is 0.639. The number of thiophene rings is 1. The van der Waals surface area contributed by atoms with Crippen molar-refractivity contribution in [2.75, 3.05) is 0 Å². The lowest BCUT2D eigenvalue weighted by Crippen LogP contribution is -2.07. The van der Waals surface area contributed by atoms with Gasteiger partial charge in [-0.2, -0.15) is 0 Å². The van der Waals surface area contributed by atoms with Crippen LogP contribution in [0.5, 0.6) is 0 Å². The standard InChI is InChI=1S/C54H37IN2S/c1-33-13-7-9-17-41(33)47-20-11-21-48(53(47)55)54(56-34(2)36-14-5-4-6-15-36)57-35(3)42-19-12-22-51-52(42)49-32-39(26-30-50(49)58-51)38-24-27-44-40(31-38)25-29-45-43-18-10-8-16-37(43)23-28-46(44)45/h4-32H,3H2,1-2H3. The minimum Gasteiger partial charge on any atom is -0.233 e. The Labute approximate surface area is 355 Å². The number of aliphatic imine (C=N–C) groups is 2. The van der Waals surface area contributed by atoms with E-state index in [9.17, 15) is 0 Å². The number of aryl methyl sites for hydroxylation is 1. The van der Waals surface area contributed by atoms with Crippen molar-refractivity contribution in [1.82, 2.24) is 0 Å².